The zero-order valence-electron chi connectivity index (χ0n) is 22.2. The smallest absolute Gasteiger partial charge is 0.225 e. The molecule has 9 nitrogen and oxygen atoms in total. The lowest BCUT2D eigenvalue weighted by Crippen LogP contribution is -2.44. The molecule has 0 spiro atoms. The zero-order valence-corrected chi connectivity index (χ0v) is 23.0. The highest BCUT2D eigenvalue weighted by Gasteiger charge is 2.37. The molecule has 6 rings (SSSR count). The average Bonchev–Trinajstić information content (AvgIpc) is 3.44. The highest BCUT2D eigenvalue weighted by Crippen LogP contribution is 2.35. The Labute approximate surface area is 229 Å². The molecule has 0 saturated carbocycles. The Morgan fingerprint density at radius 3 is 2.45 bits per heavy atom. The summed E-state index contributed by atoms with van der Waals surface area (Å²) in [6.07, 6.45) is 8.35. The predicted octanol–water partition coefficient (Wildman–Crippen LogP) is 3.56. The summed E-state index contributed by atoms with van der Waals surface area (Å²) >= 11 is 1.76. The van der Waals surface area contributed by atoms with Gasteiger partial charge in [-0.15, -0.1) is 5.10 Å². The Morgan fingerprint density at radius 2 is 1.74 bits per heavy atom. The predicted molar refractivity (Wildman–Crippen MR) is 152 cm³/mol. The molecule has 0 radical (unpaired) electrons. The first kappa shape index (κ1) is 25.0. The third-order valence-electron chi connectivity index (χ3n) is 7.84. The molecule has 2 aromatic rings. The number of nitrogens with one attached hydrogen (secondary N) is 1. The van der Waals surface area contributed by atoms with Gasteiger partial charge in [0, 0.05) is 57.6 Å². The Hall–Kier alpha value is -3.27. The number of likely N-dealkylation sites (tertiary alicyclic amines) is 1. The minimum absolute atomic E-state index is 0.0935. The van der Waals surface area contributed by atoms with Gasteiger partial charge in [0.05, 0.1) is 11.9 Å². The van der Waals surface area contributed by atoms with E-state index < -0.39 is 0 Å². The summed E-state index contributed by atoms with van der Waals surface area (Å²) in [5.41, 5.74) is 3.75. The minimum atomic E-state index is 0.0935. The first-order valence-electron chi connectivity index (χ1n) is 13.7. The molecule has 2 fully saturated rings. The number of aromatic nitrogens is 2. The molecule has 1 unspecified atom stereocenters. The van der Waals surface area contributed by atoms with Gasteiger partial charge in [0.25, 0.3) is 0 Å². The van der Waals surface area contributed by atoms with Crippen LogP contribution in [0, 0.1) is 5.92 Å². The van der Waals surface area contributed by atoms with Gasteiger partial charge >= 0.3 is 0 Å². The maximum absolute atomic E-state index is 13.4. The van der Waals surface area contributed by atoms with E-state index in [9.17, 15) is 4.79 Å². The van der Waals surface area contributed by atoms with Crippen LogP contribution < -0.4 is 10.2 Å². The van der Waals surface area contributed by atoms with E-state index in [1.54, 1.807) is 24.2 Å². The molecule has 0 bridgehead atoms. The molecular weight excluding hydrogens is 496 g/mol. The van der Waals surface area contributed by atoms with Crippen molar-refractivity contribution in [2.75, 3.05) is 44.2 Å². The molecule has 1 aromatic carbocycles. The van der Waals surface area contributed by atoms with Crippen molar-refractivity contribution in [1.82, 2.24) is 30.1 Å². The maximum Gasteiger partial charge on any atom is 0.225 e. The van der Waals surface area contributed by atoms with E-state index in [1.807, 2.05) is 11.1 Å². The van der Waals surface area contributed by atoms with Crippen LogP contribution in [0.25, 0.3) is 5.70 Å². The van der Waals surface area contributed by atoms with Gasteiger partial charge in [0.2, 0.25) is 11.9 Å². The van der Waals surface area contributed by atoms with E-state index in [4.69, 9.17) is 5.10 Å². The van der Waals surface area contributed by atoms with Gasteiger partial charge in [-0.3, -0.25) is 4.79 Å². The molecule has 1 atom stereocenters. The summed E-state index contributed by atoms with van der Waals surface area (Å²) in [7, 11) is 0. The molecule has 1 N–H and O–H groups in total. The number of hydrazone groups is 1. The highest BCUT2D eigenvalue weighted by molar-refractivity contribution is 8.14. The van der Waals surface area contributed by atoms with Gasteiger partial charge in [-0.05, 0) is 54.1 Å². The van der Waals surface area contributed by atoms with Crippen LogP contribution in [0.5, 0.6) is 0 Å². The maximum atomic E-state index is 13.4. The summed E-state index contributed by atoms with van der Waals surface area (Å²) < 4.78 is 0. The number of hydrogen-bond acceptors (Lipinski definition) is 9. The number of hydrogen-bond donors (Lipinski definition) is 1. The largest absolute Gasteiger partial charge is 0.353 e. The van der Waals surface area contributed by atoms with Gasteiger partial charge in [-0.25, -0.2) is 15.0 Å². The van der Waals surface area contributed by atoms with Crippen LogP contribution in [-0.4, -0.2) is 80.6 Å². The summed E-state index contributed by atoms with van der Waals surface area (Å²) in [5.74, 6) is 1.69. The van der Waals surface area contributed by atoms with Crippen molar-refractivity contribution in [3.8, 4) is 0 Å². The topological polar surface area (TPSA) is 80.2 Å². The molecule has 4 aliphatic heterocycles. The number of amidine groups is 1. The molecular formula is C28H36N8OS. The van der Waals surface area contributed by atoms with E-state index >= 15 is 0 Å². The molecule has 4 aliphatic rings. The number of piperidine rings is 1. The van der Waals surface area contributed by atoms with Gasteiger partial charge in [0.15, 0.2) is 10.7 Å². The van der Waals surface area contributed by atoms with Crippen LogP contribution >= 0.6 is 11.8 Å². The Balaban J connectivity index is 1.01. The normalized spacial score (nSPS) is 22.2. The van der Waals surface area contributed by atoms with Gasteiger partial charge in [-0.2, -0.15) is 0 Å². The fourth-order valence-corrected chi connectivity index (χ4v) is 6.61. The molecule has 2 saturated heterocycles. The monoisotopic (exact) mass is 532 g/mol. The number of carbonyl (C=O) groups is 1. The standard InChI is InChI=1S/C28H36N8OS/c1-20(2)21-5-7-22(8-6-21)24-19-36-27(31-24)38-28(32-36)35-15-9-23(10-16-35)25(37)33-13-4-14-34(18-17-33)26-29-11-3-12-30-26/h3,5-8,11-12,19-20,23,27,31H,4,9-10,13-18H2,1-2H3. The van der Waals surface area contributed by atoms with Gasteiger partial charge < -0.3 is 20.0 Å². The van der Waals surface area contributed by atoms with Crippen LogP contribution in [0.15, 0.2) is 54.0 Å². The average molecular weight is 533 g/mol. The van der Waals surface area contributed by atoms with E-state index in [2.05, 4.69) is 74.3 Å². The van der Waals surface area contributed by atoms with Crippen molar-refractivity contribution < 1.29 is 4.79 Å². The number of anilines is 1. The van der Waals surface area contributed by atoms with Crippen molar-refractivity contribution in [3.05, 3.63) is 60.1 Å². The summed E-state index contributed by atoms with van der Waals surface area (Å²) in [4.78, 5) is 28.7. The molecule has 0 aliphatic carbocycles. The third kappa shape index (κ3) is 5.18. The van der Waals surface area contributed by atoms with Gasteiger partial charge in [0.1, 0.15) is 0 Å². The number of fused-ring (bicyclic) bond motifs is 1. The molecule has 1 amide bonds. The fraction of sp³-hybridized carbons (Fsp3) is 0.500. The molecule has 5 heterocycles. The quantitative estimate of drug-likeness (QED) is 0.641. The fourth-order valence-electron chi connectivity index (χ4n) is 5.53. The van der Waals surface area contributed by atoms with Crippen molar-refractivity contribution in [2.45, 2.75) is 44.5 Å². The second-order valence-corrected chi connectivity index (χ2v) is 11.7. The van der Waals surface area contributed by atoms with Crippen LogP contribution in [0.1, 0.15) is 50.2 Å². The number of carbonyl (C=O) groups excluding carboxylic acids is 1. The SMILES string of the molecule is CC(C)c1ccc(C2=CN3N=C(N4CCC(C(=O)N5CCCN(c6ncccn6)CC5)CC4)SC3N2)cc1. The van der Waals surface area contributed by atoms with E-state index in [0.717, 1.165) is 75.3 Å². The second-order valence-electron chi connectivity index (χ2n) is 10.7. The van der Waals surface area contributed by atoms with E-state index in [-0.39, 0.29) is 11.4 Å². The summed E-state index contributed by atoms with van der Waals surface area (Å²) in [5, 5.41) is 11.6. The van der Waals surface area contributed by atoms with E-state index in [0.29, 0.717) is 11.8 Å². The van der Waals surface area contributed by atoms with Crippen LogP contribution in [0.4, 0.5) is 5.95 Å². The van der Waals surface area contributed by atoms with Crippen molar-refractivity contribution >= 4 is 34.5 Å². The van der Waals surface area contributed by atoms with Crippen molar-refractivity contribution in [2.24, 2.45) is 11.0 Å². The van der Waals surface area contributed by atoms with E-state index in [1.165, 1.54) is 11.1 Å². The molecule has 10 heteroatoms. The Morgan fingerprint density at radius 1 is 0.974 bits per heavy atom. The van der Waals surface area contributed by atoms with Crippen LogP contribution in [0.2, 0.25) is 0 Å². The molecule has 200 valence electrons. The number of amides is 1. The molecule has 1 aromatic heterocycles. The van der Waals surface area contributed by atoms with Gasteiger partial charge in [-0.1, -0.05) is 38.1 Å². The van der Waals surface area contributed by atoms with Crippen molar-refractivity contribution in [3.63, 3.8) is 0 Å². The lowest BCUT2D eigenvalue weighted by atomic mass is 9.95. The molecule has 38 heavy (non-hydrogen) atoms. The van der Waals surface area contributed by atoms with Crippen LogP contribution in [-0.2, 0) is 4.79 Å². The minimum Gasteiger partial charge on any atom is -0.353 e. The number of nitrogens with zero attached hydrogens (tertiary/aromatic N) is 7. The summed E-state index contributed by atoms with van der Waals surface area (Å²) in [6, 6.07) is 10.6. The van der Waals surface area contributed by atoms with Crippen molar-refractivity contribution in [1.29, 1.82) is 0 Å². The third-order valence-corrected chi connectivity index (χ3v) is 8.95. The van der Waals surface area contributed by atoms with Crippen LogP contribution in [0.3, 0.4) is 0 Å². The number of thioether (sulfide) groups is 1. The summed E-state index contributed by atoms with van der Waals surface area (Å²) in [6.45, 7) is 9.38. The number of benzene rings is 1. The first-order chi connectivity index (χ1) is 18.5. The second kappa shape index (κ2) is 10.8. The lowest BCUT2D eigenvalue weighted by Gasteiger charge is -2.34. The lowest BCUT2D eigenvalue weighted by molar-refractivity contribution is -0.136. The Kier molecular flexibility index (Phi) is 7.14. The Bertz CT molecular complexity index is 1190. The zero-order chi connectivity index (χ0) is 26.1. The number of rotatable bonds is 4. The highest BCUT2D eigenvalue weighted by atomic mass is 32.2. The first-order valence-corrected chi connectivity index (χ1v) is 14.6.